The summed E-state index contributed by atoms with van der Waals surface area (Å²) in [5.41, 5.74) is -11.7. The van der Waals surface area contributed by atoms with Gasteiger partial charge in [0.15, 0.2) is 0 Å². The third kappa shape index (κ3) is 10.7. The van der Waals surface area contributed by atoms with Crippen molar-refractivity contribution in [3.8, 4) is 0 Å². The van der Waals surface area contributed by atoms with E-state index < -0.39 is 83.4 Å². The summed E-state index contributed by atoms with van der Waals surface area (Å²) in [5, 5.41) is 0. The highest BCUT2D eigenvalue weighted by atomic mass is 32.2. The molecule has 0 saturated heterocycles. The second-order valence-corrected chi connectivity index (χ2v) is 10.4. The minimum Gasteiger partial charge on any atom is -0.309 e. The van der Waals surface area contributed by atoms with E-state index in [1.54, 1.807) is 19.0 Å². The number of nitrogens with one attached hydrogen (secondary N) is 1. The van der Waals surface area contributed by atoms with Crippen molar-refractivity contribution in [1.29, 1.82) is 0 Å². The monoisotopic (exact) mass is 586 g/mol. The van der Waals surface area contributed by atoms with Gasteiger partial charge in [-0.05, 0) is 45.8 Å². The number of alkyl halides is 14. The molecule has 218 valence electrons. The highest BCUT2D eigenvalue weighted by molar-refractivity contribution is 7.89. The first-order chi connectivity index (χ1) is 15.7. The van der Waals surface area contributed by atoms with Crippen LogP contribution in [0.25, 0.3) is 0 Å². The fraction of sp³-hybridized carbons (Fsp3) is 1.00. The molecule has 0 spiro atoms. The molecule has 0 fully saturated rings. The molecule has 0 aromatic carbocycles. The summed E-state index contributed by atoms with van der Waals surface area (Å²) in [7, 11) is -1.42. The third-order valence-electron chi connectivity index (χ3n) is 4.97. The summed E-state index contributed by atoms with van der Waals surface area (Å²) in [4.78, 5) is 1.60. The Labute approximate surface area is 197 Å². The van der Waals surface area contributed by atoms with Gasteiger partial charge in [-0.3, -0.25) is 0 Å². The fourth-order valence-corrected chi connectivity index (χ4v) is 4.39. The summed E-state index contributed by atoms with van der Waals surface area (Å²) < 4.78 is 209. The molecule has 0 radical (unpaired) electrons. The second-order valence-electron chi connectivity index (χ2n) is 8.48. The van der Waals surface area contributed by atoms with Crippen LogP contribution in [-0.4, -0.2) is 82.3 Å². The van der Waals surface area contributed by atoms with Crippen LogP contribution in [0.2, 0.25) is 0 Å². The van der Waals surface area contributed by atoms with Crippen molar-refractivity contribution in [2.75, 3.05) is 32.9 Å². The van der Waals surface area contributed by atoms with Crippen LogP contribution in [0.5, 0.6) is 0 Å². The van der Waals surface area contributed by atoms with Crippen LogP contribution in [0.4, 0.5) is 61.5 Å². The second kappa shape index (κ2) is 11.7. The van der Waals surface area contributed by atoms with Crippen molar-refractivity contribution in [2.45, 2.75) is 68.1 Å². The molecule has 36 heavy (non-hydrogen) atoms. The smallest absolute Gasteiger partial charge is 0.309 e. The number of nitrogens with zero attached hydrogens (tertiary/aromatic N) is 1. The first kappa shape index (κ1) is 34.9. The van der Waals surface area contributed by atoms with Crippen molar-refractivity contribution in [1.82, 2.24) is 9.62 Å². The van der Waals surface area contributed by atoms with Gasteiger partial charge in [-0.25, -0.2) is 21.9 Å². The van der Waals surface area contributed by atoms with E-state index in [4.69, 9.17) is 0 Å². The van der Waals surface area contributed by atoms with E-state index in [9.17, 15) is 69.9 Å². The van der Waals surface area contributed by atoms with Gasteiger partial charge in [-0.15, -0.1) is 0 Å². The largest absolute Gasteiger partial charge is 0.431 e. The van der Waals surface area contributed by atoms with Crippen molar-refractivity contribution < 1.29 is 69.9 Å². The molecule has 0 amide bonds. The Balaban J connectivity index is 6.14. The number of halogens is 14. The maximum absolute atomic E-state index is 14.5. The Morgan fingerprint density at radius 2 is 1.22 bits per heavy atom. The minimum absolute atomic E-state index is 0.138. The molecule has 2 unspecified atom stereocenters. The first-order valence-corrected chi connectivity index (χ1v) is 11.6. The molecule has 2 atom stereocenters. The van der Waals surface area contributed by atoms with Crippen LogP contribution in [0, 0.1) is 5.92 Å². The molecule has 0 aromatic heterocycles. The predicted octanol–water partition coefficient (Wildman–Crippen LogP) is 5.70. The van der Waals surface area contributed by atoms with Gasteiger partial charge in [0.1, 0.15) is 0 Å². The van der Waals surface area contributed by atoms with E-state index in [0.717, 1.165) is 0 Å². The molecule has 1 N–H and O–H groups in total. The SMILES string of the molecule is CN(C)CCCNS(=O)(=O)CCC(CC(F)(CC(F)(F)F)C(F)(F)F)CC(F)(C(F)(F)F)C(F)(F)F. The van der Waals surface area contributed by atoms with Crippen LogP contribution in [-0.2, 0) is 10.0 Å². The normalized spacial score (nSPS) is 17.4. The van der Waals surface area contributed by atoms with E-state index in [0.29, 0.717) is 6.54 Å². The molecule has 4 nitrogen and oxygen atoms in total. The topological polar surface area (TPSA) is 49.4 Å². The van der Waals surface area contributed by atoms with E-state index >= 15 is 0 Å². The number of hydrogen-bond donors (Lipinski definition) is 1. The van der Waals surface area contributed by atoms with Crippen molar-refractivity contribution in [2.24, 2.45) is 5.92 Å². The van der Waals surface area contributed by atoms with Gasteiger partial charge in [0, 0.05) is 13.0 Å². The Bertz CT molecular complexity index is 775. The molecule has 0 rings (SSSR count). The van der Waals surface area contributed by atoms with Crippen molar-refractivity contribution in [3.05, 3.63) is 0 Å². The van der Waals surface area contributed by atoms with Gasteiger partial charge >= 0.3 is 24.7 Å². The lowest BCUT2D eigenvalue weighted by Crippen LogP contribution is -2.55. The summed E-state index contributed by atoms with van der Waals surface area (Å²) in [6, 6.07) is 0. The van der Waals surface area contributed by atoms with E-state index in [1.165, 1.54) is 0 Å². The molecule has 0 saturated carbocycles. The maximum atomic E-state index is 14.5. The predicted molar refractivity (Wildman–Crippen MR) is 98.8 cm³/mol. The molecule has 0 aromatic rings. The number of hydrogen-bond acceptors (Lipinski definition) is 3. The van der Waals surface area contributed by atoms with E-state index in [1.807, 2.05) is 4.72 Å². The quantitative estimate of drug-likeness (QED) is 0.223. The molecule has 0 aliphatic rings. The highest BCUT2D eigenvalue weighted by Gasteiger charge is 2.73. The molecule has 0 heterocycles. The zero-order chi connectivity index (χ0) is 29.0. The third-order valence-corrected chi connectivity index (χ3v) is 6.39. The average Bonchev–Trinajstić information content (AvgIpc) is 2.59. The zero-order valence-corrected chi connectivity index (χ0v) is 19.5. The minimum atomic E-state index is -6.81. The highest BCUT2D eigenvalue weighted by Crippen LogP contribution is 2.53. The number of rotatable bonds is 13. The van der Waals surface area contributed by atoms with Crippen LogP contribution >= 0.6 is 0 Å². The molecular formula is C17H24F14N2O2S. The molecule has 0 aliphatic carbocycles. The van der Waals surface area contributed by atoms with Crippen LogP contribution in [0.1, 0.15) is 32.1 Å². The molecular weight excluding hydrogens is 562 g/mol. The zero-order valence-electron chi connectivity index (χ0n) is 18.7. The fourth-order valence-electron chi connectivity index (χ4n) is 3.15. The van der Waals surface area contributed by atoms with E-state index in [-0.39, 0.29) is 13.0 Å². The Hall–Kier alpha value is -1.11. The maximum Gasteiger partial charge on any atom is 0.431 e. The van der Waals surface area contributed by atoms with Crippen molar-refractivity contribution >= 4 is 10.0 Å². The van der Waals surface area contributed by atoms with Gasteiger partial charge in [-0.2, -0.15) is 52.7 Å². The van der Waals surface area contributed by atoms with Gasteiger partial charge in [0.2, 0.25) is 15.7 Å². The van der Waals surface area contributed by atoms with Gasteiger partial charge in [0.05, 0.1) is 12.2 Å². The lowest BCUT2D eigenvalue weighted by molar-refractivity contribution is -0.347. The lowest BCUT2D eigenvalue weighted by Gasteiger charge is -2.36. The average molecular weight is 586 g/mol. The summed E-state index contributed by atoms with van der Waals surface area (Å²) in [5.74, 6) is -4.59. The van der Waals surface area contributed by atoms with Crippen LogP contribution in [0.15, 0.2) is 0 Å². The van der Waals surface area contributed by atoms with Gasteiger partial charge in [0.25, 0.3) is 5.67 Å². The Kier molecular flexibility index (Phi) is 11.4. The first-order valence-electron chi connectivity index (χ1n) is 9.93. The van der Waals surface area contributed by atoms with Crippen LogP contribution < -0.4 is 4.72 Å². The Morgan fingerprint density at radius 3 is 1.58 bits per heavy atom. The van der Waals surface area contributed by atoms with Crippen LogP contribution in [0.3, 0.4) is 0 Å². The molecule has 0 bridgehead atoms. The molecule has 0 aliphatic heterocycles. The number of sulfonamides is 1. The standard InChI is InChI=1S/C17H24F14N2O2S/c1-33(2)6-3-5-32-36(34,35)7-4-11(9-13(19,16(26,27)28)17(29,30)31)8-12(18,15(23,24)25)10-14(20,21)22/h11,32H,3-10H2,1-2H3. The Morgan fingerprint density at radius 1 is 0.750 bits per heavy atom. The van der Waals surface area contributed by atoms with Crippen molar-refractivity contribution in [3.63, 3.8) is 0 Å². The molecule has 19 heteroatoms. The van der Waals surface area contributed by atoms with E-state index in [2.05, 4.69) is 0 Å². The van der Waals surface area contributed by atoms with Gasteiger partial charge in [-0.1, -0.05) is 0 Å². The summed E-state index contributed by atoms with van der Waals surface area (Å²) in [6.07, 6.45) is -36.5. The summed E-state index contributed by atoms with van der Waals surface area (Å²) >= 11 is 0. The van der Waals surface area contributed by atoms with Gasteiger partial charge < -0.3 is 4.90 Å². The lowest BCUT2D eigenvalue weighted by atomic mass is 9.80. The summed E-state index contributed by atoms with van der Waals surface area (Å²) in [6.45, 7) is -0.0208.